The summed E-state index contributed by atoms with van der Waals surface area (Å²) in [6.07, 6.45) is 7.32. The maximum Gasteiger partial charge on any atom is 0.244 e. The van der Waals surface area contributed by atoms with Crippen LogP contribution >= 0.6 is 0 Å². The average molecular weight is 250 g/mol. The van der Waals surface area contributed by atoms with Gasteiger partial charge in [-0.2, -0.15) is 0 Å². The normalized spacial score (nSPS) is 18.2. The van der Waals surface area contributed by atoms with Crippen molar-refractivity contribution in [3.8, 4) is 0 Å². The first-order valence-corrected chi connectivity index (χ1v) is 5.98. The van der Waals surface area contributed by atoms with E-state index in [0.29, 0.717) is 19.6 Å². The standard InChI is InChI=1S/C12H18N4O2/c1-15-6-5-14-11(15)9-16(7-8-17)12(18)10-3-2-4-13-10/h2-3,5-6,10,13,17H,4,7-9H2,1H3. The summed E-state index contributed by atoms with van der Waals surface area (Å²) in [5, 5.41) is 12.1. The Hall–Kier alpha value is -1.66. The number of aryl methyl sites for hydroxylation is 1. The summed E-state index contributed by atoms with van der Waals surface area (Å²) in [6, 6.07) is -0.281. The van der Waals surface area contributed by atoms with Gasteiger partial charge < -0.3 is 14.6 Å². The summed E-state index contributed by atoms with van der Waals surface area (Å²) < 4.78 is 1.87. The minimum Gasteiger partial charge on any atom is -0.395 e. The van der Waals surface area contributed by atoms with Gasteiger partial charge in [0.15, 0.2) is 0 Å². The zero-order chi connectivity index (χ0) is 13.0. The van der Waals surface area contributed by atoms with E-state index in [0.717, 1.165) is 5.82 Å². The van der Waals surface area contributed by atoms with Crippen LogP contribution in [-0.2, 0) is 18.4 Å². The number of aliphatic hydroxyl groups excluding tert-OH is 1. The lowest BCUT2D eigenvalue weighted by atomic mass is 10.2. The first-order valence-electron chi connectivity index (χ1n) is 5.98. The topological polar surface area (TPSA) is 70.4 Å². The lowest BCUT2D eigenvalue weighted by Gasteiger charge is -2.24. The van der Waals surface area contributed by atoms with Crippen LogP contribution in [0.25, 0.3) is 0 Å². The van der Waals surface area contributed by atoms with Gasteiger partial charge in [0.05, 0.1) is 13.2 Å². The smallest absolute Gasteiger partial charge is 0.244 e. The van der Waals surface area contributed by atoms with Crippen molar-refractivity contribution in [3.63, 3.8) is 0 Å². The predicted molar refractivity (Wildman–Crippen MR) is 66.6 cm³/mol. The molecule has 2 heterocycles. The highest BCUT2D eigenvalue weighted by molar-refractivity contribution is 5.84. The first-order chi connectivity index (χ1) is 8.72. The van der Waals surface area contributed by atoms with E-state index in [-0.39, 0.29) is 18.6 Å². The number of hydrogen-bond donors (Lipinski definition) is 2. The Labute approximate surface area is 106 Å². The Morgan fingerprint density at radius 3 is 3.11 bits per heavy atom. The molecule has 0 radical (unpaired) electrons. The summed E-state index contributed by atoms with van der Waals surface area (Å²) in [4.78, 5) is 18.1. The molecule has 0 saturated carbocycles. The van der Waals surface area contributed by atoms with Gasteiger partial charge in [-0.15, -0.1) is 0 Å². The van der Waals surface area contributed by atoms with E-state index in [1.807, 2.05) is 30.0 Å². The van der Waals surface area contributed by atoms with Crippen LogP contribution in [0.1, 0.15) is 5.82 Å². The van der Waals surface area contributed by atoms with Gasteiger partial charge in [-0.25, -0.2) is 4.98 Å². The minimum absolute atomic E-state index is 0.0270. The molecule has 0 saturated heterocycles. The first kappa shape index (κ1) is 12.8. The van der Waals surface area contributed by atoms with Crippen LogP contribution in [0, 0.1) is 0 Å². The largest absolute Gasteiger partial charge is 0.395 e. The van der Waals surface area contributed by atoms with E-state index in [2.05, 4.69) is 10.3 Å². The number of carbonyl (C=O) groups is 1. The lowest BCUT2D eigenvalue weighted by molar-refractivity contribution is -0.133. The Bertz CT molecular complexity index is 441. The van der Waals surface area contributed by atoms with E-state index in [9.17, 15) is 4.79 Å². The van der Waals surface area contributed by atoms with Crippen LogP contribution in [0.2, 0.25) is 0 Å². The van der Waals surface area contributed by atoms with Crippen molar-refractivity contribution in [2.45, 2.75) is 12.6 Å². The summed E-state index contributed by atoms with van der Waals surface area (Å²) in [7, 11) is 1.89. The molecule has 2 N–H and O–H groups in total. The predicted octanol–water partition coefficient (Wildman–Crippen LogP) is -0.731. The minimum atomic E-state index is -0.281. The quantitative estimate of drug-likeness (QED) is 0.676. The fourth-order valence-corrected chi connectivity index (χ4v) is 1.94. The Kier molecular flexibility index (Phi) is 4.11. The van der Waals surface area contributed by atoms with Crippen LogP contribution < -0.4 is 5.32 Å². The number of aliphatic hydroxyl groups is 1. The molecule has 1 aromatic heterocycles. The fraction of sp³-hybridized carbons (Fsp3) is 0.500. The molecule has 1 atom stereocenters. The number of carbonyl (C=O) groups excluding carboxylic acids is 1. The van der Waals surface area contributed by atoms with Gasteiger partial charge in [0.2, 0.25) is 5.91 Å². The molecule has 1 aliphatic rings. The molecule has 1 unspecified atom stereocenters. The third kappa shape index (κ3) is 2.77. The molecule has 1 amide bonds. The van der Waals surface area contributed by atoms with Crippen molar-refractivity contribution < 1.29 is 9.90 Å². The monoisotopic (exact) mass is 250 g/mol. The van der Waals surface area contributed by atoms with Crippen molar-refractivity contribution >= 4 is 5.91 Å². The molecule has 0 spiro atoms. The van der Waals surface area contributed by atoms with Gasteiger partial charge >= 0.3 is 0 Å². The molecule has 1 aliphatic heterocycles. The molecule has 98 valence electrons. The molecule has 6 heteroatoms. The molecule has 1 aromatic rings. The molecule has 0 aromatic carbocycles. The highest BCUT2D eigenvalue weighted by Gasteiger charge is 2.24. The van der Waals surface area contributed by atoms with Crippen molar-refractivity contribution in [3.05, 3.63) is 30.4 Å². The number of rotatable bonds is 5. The number of hydrogen-bond acceptors (Lipinski definition) is 4. The van der Waals surface area contributed by atoms with Crippen LogP contribution in [0.4, 0.5) is 0 Å². The van der Waals surface area contributed by atoms with Gasteiger partial charge in [-0.05, 0) is 0 Å². The molecule has 0 bridgehead atoms. The number of aromatic nitrogens is 2. The summed E-state index contributed by atoms with van der Waals surface area (Å²) in [6.45, 7) is 1.39. The van der Waals surface area contributed by atoms with Crippen LogP contribution in [0.3, 0.4) is 0 Å². The van der Waals surface area contributed by atoms with Crippen molar-refractivity contribution in [1.82, 2.24) is 19.8 Å². The number of nitrogens with one attached hydrogen (secondary N) is 1. The molecular weight excluding hydrogens is 232 g/mol. The second-order valence-corrected chi connectivity index (χ2v) is 4.25. The van der Waals surface area contributed by atoms with E-state index >= 15 is 0 Å². The third-order valence-corrected chi connectivity index (χ3v) is 2.99. The van der Waals surface area contributed by atoms with Crippen molar-refractivity contribution in [2.75, 3.05) is 19.7 Å². The Morgan fingerprint density at radius 2 is 2.56 bits per heavy atom. The molecule has 2 rings (SSSR count). The maximum atomic E-state index is 12.2. The third-order valence-electron chi connectivity index (χ3n) is 2.99. The van der Waals surface area contributed by atoms with E-state index in [4.69, 9.17) is 5.11 Å². The average Bonchev–Trinajstić information content (AvgIpc) is 3.00. The van der Waals surface area contributed by atoms with Gasteiger partial charge in [-0.1, -0.05) is 12.2 Å². The zero-order valence-corrected chi connectivity index (χ0v) is 10.4. The van der Waals surface area contributed by atoms with Gasteiger partial charge in [-0.3, -0.25) is 10.1 Å². The van der Waals surface area contributed by atoms with Crippen molar-refractivity contribution in [2.24, 2.45) is 7.05 Å². The summed E-state index contributed by atoms with van der Waals surface area (Å²) >= 11 is 0. The number of nitrogens with zero attached hydrogens (tertiary/aromatic N) is 3. The van der Waals surface area contributed by atoms with E-state index in [1.165, 1.54) is 0 Å². The summed E-state index contributed by atoms with van der Waals surface area (Å²) in [5.74, 6) is 0.777. The Balaban J connectivity index is 2.05. The SMILES string of the molecule is Cn1ccnc1CN(CCO)C(=O)C1C=CCN1. The Morgan fingerprint density at radius 1 is 1.72 bits per heavy atom. The van der Waals surface area contributed by atoms with Gasteiger partial charge in [0.1, 0.15) is 11.9 Å². The fourth-order valence-electron chi connectivity index (χ4n) is 1.94. The van der Waals surface area contributed by atoms with Crippen molar-refractivity contribution in [1.29, 1.82) is 0 Å². The molecular formula is C12H18N4O2. The highest BCUT2D eigenvalue weighted by Crippen LogP contribution is 2.06. The lowest BCUT2D eigenvalue weighted by Crippen LogP contribution is -2.44. The van der Waals surface area contributed by atoms with Crippen LogP contribution in [-0.4, -0.2) is 51.2 Å². The highest BCUT2D eigenvalue weighted by atomic mass is 16.3. The molecule has 6 nitrogen and oxygen atoms in total. The van der Waals surface area contributed by atoms with Crippen LogP contribution in [0.15, 0.2) is 24.5 Å². The number of imidazole rings is 1. The molecule has 0 aliphatic carbocycles. The number of amides is 1. The van der Waals surface area contributed by atoms with E-state index < -0.39 is 0 Å². The van der Waals surface area contributed by atoms with Crippen LogP contribution in [0.5, 0.6) is 0 Å². The summed E-state index contributed by atoms with van der Waals surface area (Å²) in [5.41, 5.74) is 0. The maximum absolute atomic E-state index is 12.2. The zero-order valence-electron chi connectivity index (χ0n) is 10.4. The van der Waals surface area contributed by atoms with Gasteiger partial charge in [0.25, 0.3) is 0 Å². The molecule has 18 heavy (non-hydrogen) atoms. The second-order valence-electron chi connectivity index (χ2n) is 4.25. The van der Waals surface area contributed by atoms with E-state index in [1.54, 1.807) is 11.1 Å². The molecule has 0 fully saturated rings. The van der Waals surface area contributed by atoms with Gasteiger partial charge in [0, 0.05) is 32.5 Å². The second kappa shape index (κ2) is 5.79.